The third-order valence-electron chi connectivity index (χ3n) is 4.90. The fraction of sp³-hybridized carbons (Fsp3) is 0.227. The number of nitrogens with zero attached hydrogens (tertiary/aromatic N) is 3. The van der Waals surface area contributed by atoms with E-state index in [1.54, 1.807) is 4.57 Å². The fourth-order valence-electron chi connectivity index (χ4n) is 3.33. The molecule has 5 rings (SSSR count). The Bertz CT molecular complexity index is 1130. The van der Waals surface area contributed by atoms with Crippen molar-refractivity contribution < 1.29 is 14.9 Å². The normalized spacial score (nSPS) is 20.4. The van der Waals surface area contributed by atoms with Gasteiger partial charge in [-0.1, -0.05) is 0 Å². The SMILES string of the molecule is O=c1[nH]cnc2c1ncn2C1CC(O)C(CO)O1.c1cc[c]([Sn][c]2ccccc2)cc1. The third-order valence-corrected chi connectivity index (χ3v) is 8.45. The predicted molar refractivity (Wildman–Crippen MR) is 118 cm³/mol. The summed E-state index contributed by atoms with van der Waals surface area (Å²) in [5.74, 6) is 0. The Kier molecular flexibility index (Phi) is 7.13. The molecule has 0 amide bonds. The van der Waals surface area contributed by atoms with Crippen LogP contribution in [-0.4, -0.2) is 69.7 Å². The van der Waals surface area contributed by atoms with E-state index in [1.807, 2.05) is 0 Å². The van der Waals surface area contributed by atoms with Gasteiger partial charge in [0.25, 0.3) is 5.56 Å². The van der Waals surface area contributed by atoms with Crippen molar-refractivity contribution in [3.63, 3.8) is 0 Å². The van der Waals surface area contributed by atoms with Crippen LogP contribution in [0, 0.1) is 0 Å². The number of ether oxygens (including phenoxy) is 1. The van der Waals surface area contributed by atoms with Gasteiger partial charge in [0.2, 0.25) is 0 Å². The summed E-state index contributed by atoms with van der Waals surface area (Å²) in [6, 6.07) is 21.6. The minimum atomic E-state index is -0.737. The van der Waals surface area contributed by atoms with Crippen LogP contribution in [0.3, 0.4) is 0 Å². The number of benzene rings is 2. The molecule has 3 N–H and O–H groups in total. The van der Waals surface area contributed by atoms with E-state index >= 15 is 0 Å². The molecule has 31 heavy (non-hydrogen) atoms. The van der Waals surface area contributed by atoms with Crippen molar-refractivity contribution in [3.8, 4) is 0 Å². The minimum absolute atomic E-state index is 0.225. The van der Waals surface area contributed by atoms with Crippen molar-refractivity contribution >= 4 is 39.5 Å². The van der Waals surface area contributed by atoms with Crippen LogP contribution in [0.4, 0.5) is 0 Å². The Morgan fingerprint density at radius 2 is 1.71 bits per heavy atom. The number of fused-ring (bicyclic) bond motifs is 1. The Balaban J connectivity index is 0.000000158. The Morgan fingerprint density at radius 1 is 1.06 bits per heavy atom. The van der Waals surface area contributed by atoms with E-state index < -0.39 is 39.6 Å². The van der Waals surface area contributed by atoms with Crippen LogP contribution < -0.4 is 12.7 Å². The van der Waals surface area contributed by atoms with Crippen molar-refractivity contribution in [1.29, 1.82) is 0 Å². The molecular formula is C22H22N4O4Sn. The molecule has 0 aliphatic carbocycles. The van der Waals surface area contributed by atoms with E-state index in [2.05, 4.69) is 75.6 Å². The van der Waals surface area contributed by atoms with Crippen molar-refractivity contribution in [1.82, 2.24) is 19.5 Å². The number of aromatic amines is 1. The zero-order valence-electron chi connectivity index (χ0n) is 16.6. The van der Waals surface area contributed by atoms with E-state index in [-0.39, 0.29) is 17.7 Å². The van der Waals surface area contributed by atoms with Gasteiger partial charge in [-0.25, -0.2) is 9.97 Å². The number of aromatic nitrogens is 4. The van der Waals surface area contributed by atoms with Gasteiger partial charge in [0.15, 0.2) is 11.2 Å². The molecule has 0 spiro atoms. The van der Waals surface area contributed by atoms with Crippen LogP contribution in [-0.2, 0) is 4.74 Å². The molecule has 2 radical (unpaired) electrons. The molecule has 2 aromatic heterocycles. The number of H-pyrrole nitrogens is 1. The maximum absolute atomic E-state index is 11.5. The van der Waals surface area contributed by atoms with Gasteiger partial charge in [0, 0.05) is 6.42 Å². The van der Waals surface area contributed by atoms with Gasteiger partial charge in [-0.2, -0.15) is 0 Å². The topological polar surface area (TPSA) is 113 Å². The average Bonchev–Trinajstić information content (AvgIpc) is 3.39. The second-order valence-electron chi connectivity index (χ2n) is 7.03. The van der Waals surface area contributed by atoms with Crippen LogP contribution in [0.2, 0.25) is 0 Å². The predicted octanol–water partition coefficient (Wildman–Crippen LogP) is 0.102. The first-order valence-corrected chi connectivity index (χ1v) is 12.7. The van der Waals surface area contributed by atoms with Crippen molar-refractivity contribution in [2.45, 2.75) is 24.9 Å². The van der Waals surface area contributed by atoms with E-state index in [1.165, 1.54) is 19.8 Å². The molecule has 1 fully saturated rings. The molecule has 158 valence electrons. The summed E-state index contributed by atoms with van der Waals surface area (Å²) >= 11 is -0.517. The molecule has 3 atom stereocenters. The summed E-state index contributed by atoms with van der Waals surface area (Å²) in [7, 11) is 0. The first-order valence-electron chi connectivity index (χ1n) is 9.87. The molecule has 2 aromatic carbocycles. The number of aliphatic hydroxyl groups excluding tert-OH is 2. The third kappa shape index (κ3) is 5.21. The van der Waals surface area contributed by atoms with Crippen LogP contribution in [0.1, 0.15) is 12.6 Å². The molecule has 3 unspecified atom stereocenters. The van der Waals surface area contributed by atoms with Gasteiger partial charge in [-0.05, 0) is 0 Å². The zero-order chi connectivity index (χ0) is 21.6. The zero-order valence-corrected chi connectivity index (χ0v) is 19.5. The molecule has 9 heteroatoms. The Hall–Kier alpha value is -2.53. The number of aliphatic hydroxyl groups is 2. The summed E-state index contributed by atoms with van der Waals surface area (Å²) in [5, 5.41) is 18.7. The van der Waals surface area contributed by atoms with Gasteiger partial charge in [-0.3, -0.25) is 9.36 Å². The molecule has 0 saturated carbocycles. The van der Waals surface area contributed by atoms with Crippen molar-refractivity contribution in [3.05, 3.63) is 83.7 Å². The number of imidazole rings is 1. The van der Waals surface area contributed by atoms with Gasteiger partial charge in [-0.15, -0.1) is 0 Å². The van der Waals surface area contributed by atoms with Crippen LogP contribution in [0.25, 0.3) is 11.2 Å². The van der Waals surface area contributed by atoms with Gasteiger partial charge in [0.1, 0.15) is 12.3 Å². The second kappa shape index (κ2) is 10.2. The standard InChI is InChI=1S/C10H12N4O4.2C6H5.Sn/c15-2-6-5(16)1-7(18-6)14-4-13-8-9(14)11-3-12-10(8)17;2*1-2-4-6-5-3-1;/h3-7,15-16H,1-2H2,(H,11,12,17);2*1-5H;. The van der Waals surface area contributed by atoms with Gasteiger partial charge in [0.05, 0.1) is 25.4 Å². The van der Waals surface area contributed by atoms with Crippen molar-refractivity contribution in [2.24, 2.45) is 0 Å². The van der Waals surface area contributed by atoms with E-state index in [0.717, 1.165) is 0 Å². The quantitative estimate of drug-likeness (QED) is 0.326. The number of hydrogen-bond donors (Lipinski definition) is 3. The first kappa shape index (κ1) is 21.7. The Morgan fingerprint density at radius 3 is 2.29 bits per heavy atom. The summed E-state index contributed by atoms with van der Waals surface area (Å²) in [6.07, 6.45) is 1.23. The molecule has 8 nitrogen and oxygen atoms in total. The van der Waals surface area contributed by atoms with E-state index in [4.69, 9.17) is 9.84 Å². The summed E-state index contributed by atoms with van der Waals surface area (Å²) in [5.41, 5.74) is 0.300. The molecular weight excluding hydrogens is 503 g/mol. The summed E-state index contributed by atoms with van der Waals surface area (Å²) < 4.78 is 10.2. The van der Waals surface area contributed by atoms with E-state index in [9.17, 15) is 9.90 Å². The van der Waals surface area contributed by atoms with Gasteiger partial charge < -0.3 is 19.9 Å². The Labute approximate surface area is 188 Å². The van der Waals surface area contributed by atoms with Crippen LogP contribution >= 0.6 is 0 Å². The molecule has 3 heterocycles. The molecule has 1 aliphatic rings. The number of nitrogens with one attached hydrogen (secondary N) is 1. The fourth-order valence-corrected chi connectivity index (χ4v) is 6.33. The van der Waals surface area contributed by atoms with E-state index in [0.29, 0.717) is 12.1 Å². The number of rotatable bonds is 4. The summed E-state index contributed by atoms with van der Waals surface area (Å²) in [6.45, 7) is -0.252. The molecule has 4 aromatic rings. The molecule has 0 bridgehead atoms. The average molecular weight is 525 g/mol. The monoisotopic (exact) mass is 526 g/mol. The number of hydrogen-bond acceptors (Lipinski definition) is 6. The maximum atomic E-state index is 11.5. The molecule has 1 saturated heterocycles. The summed E-state index contributed by atoms with van der Waals surface area (Å²) in [4.78, 5) is 21.9. The molecule has 1 aliphatic heterocycles. The van der Waals surface area contributed by atoms with Crippen molar-refractivity contribution in [2.75, 3.05) is 6.61 Å². The van der Waals surface area contributed by atoms with Gasteiger partial charge >= 0.3 is 89.0 Å². The van der Waals surface area contributed by atoms with Crippen LogP contribution in [0.5, 0.6) is 0 Å². The first-order chi connectivity index (χ1) is 15.2. The van der Waals surface area contributed by atoms with Crippen LogP contribution in [0.15, 0.2) is 78.1 Å². The second-order valence-corrected chi connectivity index (χ2v) is 11.0.